The second kappa shape index (κ2) is 8.31. The first kappa shape index (κ1) is 18.4. The average Bonchev–Trinajstić information content (AvgIpc) is 3.21. The molecule has 3 rings (SSSR count). The number of ether oxygens (including phenoxy) is 2. The highest BCUT2D eigenvalue weighted by molar-refractivity contribution is 5.97. The summed E-state index contributed by atoms with van der Waals surface area (Å²) in [5.41, 5.74) is 1.01. The Morgan fingerprint density at radius 1 is 1.00 bits per heavy atom. The van der Waals surface area contributed by atoms with Crippen molar-refractivity contribution in [1.29, 1.82) is 0 Å². The van der Waals surface area contributed by atoms with Gasteiger partial charge in [-0.25, -0.2) is 0 Å². The van der Waals surface area contributed by atoms with E-state index in [1.165, 1.54) is 14.2 Å². The summed E-state index contributed by atoms with van der Waals surface area (Å²) in [6.07, 6.45) is 1.56. The topological polar surface area (TPSA) is 72.1 Å². The van der Waals surface area contributed by atoms with Crippen LogP contribution in [0.2, 0.25) is 0 Å². The van der Waals surface area contributed by atoms with E-state index < -0.39 is 0 Å². The molecule has 1 amide bonds. The molecule has 140 valence electrons. The third-order valence-electron chi connectivity index (χ3n) is 4.20. The second-order valence-electron chi connectivity index (χ2n) is 5.91. The quantitative estimate of drug-likeness (QED) is 0.687. The summed E-state index contributed by atoms with van der Waals surface area (Å²) in [5, 5.41) is 10.1. The standard InChI is InChI=1S/C21H21NO5/c1-25-19-11-5-9-17(20(19)26-2)21(24)22(14-16-8-6-12-27-16)13-15-7-3-4-10-18(15)23/h3-12,23H,13-14H2,1-2H3. The minimum Gasteiger partial charge on any atom is -0.508 e. The molecule has 0 aliphatic rings. The monoisotopic (exact) mass is 367 g/mol. The lowest BCUT2D eigenvalue weighted by Gasteiger charge is -2.23. The van der Waals surface area contributed by atoms with Crippen molar-refractivity contribution in [3.8, 4) is 17.2 Å². The molecular weight excluding hydrogens is 346 g/mol. The number of carbonyl (C=O) groups excluding carboxylic acids is 1. The number of nitrogens with zero attached hydrogens (tertiary/aromatic N) is 1. The zero-order chi connectivity index (χ0) is 19.2. The van der Waals surface area contributed by atoms with Crippen LogP contribution in [-0.4, -0.2) is 30.1 Å². The molecule has 27 heavy (non-hydrogen) atoms. The van der Waals surface area contributed by atoms with Crippen LogP contribution in [0.5, 0.6) is 17.2 Å². The van der Waals surface area contributed by atoms with Crippen LogP contribution < -0.4 is 9.47 Å². The molecule has 0 aliphatic carbocycles. The van der Waals surface area contributed by atoms with Gasteiger partial charge < -0.3 is 23.9 Å². The van der Waals surface area contributed by atoms with Gasteiger partial charge in [0, 0.05) is 5.56 Å². The minimum atomic E-state index is -0.259. The molecule has 3 aromatic rings. The summed E-state index contributed by atoms with van der Waals surface area (Å²) < 4.78 is 16.1. The normalized spacial score (nSPS) is 10.4. The molecule has 1 aromatic heterocycles. The summed E-state index contributed by atoms with van der Waals surface area (Å²) >= 11 is 0. The number of furan rings is 1. The minimum absolute atomic E-state index is 0.132. The zero-order valence-corrected chi connectivity index (χ0v) is 15.2. The smallest absolute Gasteiger partial charge is 0.258 e. The molecule has 1 heterocycles. The SMILES string of the molecule is COc1cccc(C(=O)N(Cc2ccco2)Cc2ccccc2O)c1OC. The molecular formula is C21H21NO5. The maximum atomic E-state index is 13.3. The molecule has 0 saturated carbocycles. The first-order chi connectivity index (χ1) is 13.1. The fourth-order valence-electron chi connectivity index (χ4n) is 2.87. The van der Waals surface area contributed by atoms with Gasteiger partial charge in [0.2, 0.25) is 0 Å². The Balaban J connectivity index is 1.97. The summed E-state index contributed by atoms with van der Waals surface area (Å²) in [6, 6.07) is 15.6. The van der Waals surface area contributed by atoms with E-state index in [4.69, 9.17) is 13.9 Å². The van der Waals surface area contributed by atoms with Crippen LogP contribution in [0.15, 0.2) is 65.3 Å². The van der Waals surface area contributed by atoms with Crippen molar-refractivity contribution in [2.75, 3.05) is 14.2 Å². The van der Waals surface area contributed by atoms with E-state index >= 15 is 0 Å². The number of amides is 1. The summed E-state index contributed by atoms with van der Waals surface area (Å²) in [6.45, 7) is 0.465. The van der Waals surface area contributed by atoms with E-state index in [0.717, 1.165) is 0 Å². The molecule has 0 radical (unpaired) electrons. The average molecular weight is 367 g/mol. The lowest BCUT2D eigenvalue weighted by Crippen LogP contribution is -2.30. The molecule has 0 saturated heterocycles. The van der Waals surface area contributed by atoms with Crippen molar-refractivity contribution in [2.45, 2.75) is 13.1 Å². The van der Waals surface area contributed by atoms with Gasteiger partial charge in [-0.1, -0.05) is 24.3 Å². The van der Waals surface area contributed by atoms with E-state index in [2.05, 4.69) is 0 Å². The first-order valence-electron chi connectivity index (χ1n) is 8.43. The highest BCUT2D eigenvalue weighted by Crippen LogP contribution is 2.32. The van der Waals surface area contributed by atoms with Crippen LogP contribution in [0, 0.1) is 0 Å². The number of methoxy groups -OCH3 is 2. The Morgan fingerprint density at radius 3 is 2.48 bits per heavy atom. The van der Waals surface area contributed by atoms with Crippen LogP contribution in [0.25, 0.3) is 0 Å². The number of para-hydroxylation sites is 2. The van der Waals surface area contributed by atoms with E-state index in [1.54, 1.807) is 59.7 Å². The fraction of sp³-hybridized carbons (Fsp3) is 0.190. The number of phenols is 1. The summed E-state index contributed by atoms with van der Waals surface area (Å²) in [7, 11) is 3.02. The van der Waals surface area contributed by atoms with Crippen LogP contribution in [0.4, 0.5) is 0 Å². The van der Waals surface area contributed by atoms with Crippen molar-refractivity contribution in [3.05, 3.63) is 77.7 Å². The summed E-state index contributed by atoms with van der Waals surface area (Å²) in [4.78, 5) is 14.9. The van der Waals surface area contributed by atoms with E-state index in [-0.39, 0.29) is 24.7 Å². The number of hydrogen-bond acceptors (Lipinski definition) is 5. The number of rotatable bonds is 7. The van der Waals surface area contributed by atoms with E-state index in [0.29, 0.717) is 28.4 Å². The van der Waals surface area contributed by atoms with Crippen LogP contribution in [0.3, 0.4) is 0 Å². The number of benzene rings is 2. The van der Waals surface area contributed by atoms with Crippen molar-refractivity contribution in [1.82, 2.24) is 4.90 Å². The molecule has 1 N–H and O–H groups in total. The number of carbonyl (C=O) groups is 1. The van der Waals surface area contributed by atoms with Gasteiger partial charge in [-0.05, 0) is 30.3 Å². The third-order valence-corrected chi connectivity index (χ3v) is 4.20. The second-order valence-corrected chi connectivity index (χ2v) is 5.91. The predicted octanol–water partition coefficient (Wildman–Crippen LogP) is 3.85. The van der Waals surface area contributed by atoms with E-state index in [1.807, 2.05) is 6.07 Å². The Bertz CT molecular complexity index is 905. The van der Waals surface area contributed by atoms with Crippen LogP contribution in [-0.2, 0) is 13.1 Å². The molecule has 2 aromatic carbocycles. The number of phenolic OH excluding ortho intramolecular Hbond substituents is 1. The molecule has 0 unspecified atom stereocenters. The molecule has 6 nitrogen and oxygen atoms in total. The Kier molecular flexibility index (Phi) is 5.66. The molecule has 0 aliphatic heterocycles. The Morgan fingerprint density at radius 2 is 1.81 bits per heavy atom. The van der Waals surface area contributed by atoms with Crippen molar-refractivity contribution < 1.29 is 23.8 Å². The Labute approximate surface area is 157 Å². The Hall–Kier alpha value is -3.41. The lowest BCUT2D eigenvalue weighted by atomic mass is 10.1. The van der Waals surface area contributed by atoms with Gasteiger partial charge in [0.1, 0.15) is 11.5 Å². The molecule has 0 bridgehead atoms. The summed E-state index contributed by atoms with van der Waals surface area (Å²) in [5.74, 6) is 1.36. The van der Waals surface area contributed by atoms with E-state index in [9.17, 15) is 9.90 Å². The highest BCUT2D eigenvalue weighted by Gasteiger charge is 2.24. The number of hydrogen-bond donors (Lipinski definition) is 1. The predicted molar refractivity (Wildman–Crippen MR) is 99.9 cm³/mol. The molecule has 0 spiro atoms. The lowest BCUT2D eigenvalue weighted by molar-refractivity contribution is 0.0712. The van der Waals surface area contributed by atoms with Crippen molar-refractivity contribution in [3.63, 3.8) is 0 Å². The molecule has 6 heteroatoms. The van der Waals surface area contributed by atoms with Gasteiger partial charge in [-0.15, -0.1) is 0 Å². The largest absolute Gasteiger partial charge is 0.508 e. The van der Waals surface area contributed by atoms with Gasteiger partial charge >= 0.3 is 0 Å². The van der Waals surface area contributed by atoms with Gasteiger partial charge in [0.05, 0.1) is 39.1 Å². The zero-order valence-electron chi connectivity index (χ0n) is 15.2. The number of aromatic hydroxyl groups is 1. The van der Waals surface area contributed by atoms with Crippen molar-refractivity contribution >= 4 is 5.91 Å². The maximum Gasteiger partial charge on any atom is 0.258 e. The van der Waals surface area contributed by atoms with Gasteiger partial charge in [-0.3, -0.25) is 4.79 Å². The van der Waals surface area contributed by atoms with Crippen LogP contribution in [0.1, 0.15) is 21.7 Å². The highest BCUT2D eigenvalue weighted by atomic mass is 16.5. The maximum absolute atomic E-state index is 13.3. The van der Waals surface area contributed by atoms with Gasteiger partial charge in [-0.2, -0.15) is 0 Å². The van der Waals surface area contributed by atoms with Gasteiger partial charge in [0.15, 0.2) is 11.5 Å². The fourth-order valence-corrected chi connectivity index (χ4v) is 2.87. The third kappa shape index (κ3) is 4.06. The van der Waals surface area contributed by atoms with Crippen LogP contribution >= 0.6 is 0 Å². The van der Waals surface area contributed by atoms with Gasteiger partial charge in [0.25, 0.3) is 5.91 Å². The molecule has 0 atom stereocenters. The first-order valence-corrected chi connectivity index (χ1v) is 8.43. The molecule has 0 fully saturated rings. The van der Waals surface area contributed by atoms with Crippen molar-refractivity contribution in [2.24, 2.45) is 0 Å².